The van der Waals surface area contributed by atoms with Gasteiger partial charge in [-0.15, -0.1) is 0 Å². The highest BCUT2D eigenvalue weighted by Gasteiger charge is 2.14. The zero-order chi connectivity index (χ0) is 14.8. The van der Waals surface area contributed by atoms with Crippen LogP contribution in [0.5, 0.6) is 0 Å². The molecule has 0 aliphatic rings. The van der Waals surface area contributed by atoms with E-state index in [4.69, 9.17) is 0 Å². The van der Waals surface area contributed by atoms with Crippen molar-refractivity contribution >= 4 is 17.3 Å². The summed E-state index contributed by atoms with van der Waals surface area (Å²) in [5, 5.41) is 12.6. The van der Waals surface area contributed by atoms with Crippen LogP contribution in [0.15, 0.2) is 48.8 Å². The summed E-state index contributed by atoms with van der Waals surface area (Å²) in [5.74, 6) is -0.981. The number of benzene rings is 1. The predicted octanol–water partition coefficient (Wildman–Crippen LogP) is 2.95. The Bertz CT molecular complexity index is 808. The molecule has 0 amide bonds. The summed E-state index contributed by atoms with van der Waals surface area (Å²) in [4.78, 5) is 15.6. The average Bonchev–Trinajstić information content (AvgIpc) is 2.93. The van der Waals surface area contributed by atoms with E-state index in [1.165, 1.54) is 5.56 Å². The van der Waals surface area contributed by atoms with Gasteiger partial charge in [-0.05, 0) is 30.2 Å². The predicted molar refractivity (Wildman–Crippen MR) is 80.7 cm³/mol. The number of pyridine rings is 1. The van der Waals surface area contributed by atoms with Gasteiger partial charge in [0, 0.05) is 18.9 Å². The molecule has 0 radical (unpaired) electrons. The fourth-order valence-corrected chi connectivity index (χ4v) is 2.35. The van der Waals surface area contributed by atoms with Gasteiger partial charge in [0.05, 0.1) is 5.69 Å². The van der Waals surface area contributed by atoms with Crippen LogP contribution in [0.2, 0.25) is 0 Å². The molecule has 0 spiro atoms. The molecule has 21 heavy (non-hydrogen) atoms. The van der Waals surface area contributed by atoms with E-state index in [9.17, 15) is 9.90 Å². The summed E-state index contributed by atoms with van der Waals surface area (Å²) in [7, 11) is 0. The van der Waals surface area contributed by atoms with Gasteiger partial charge in [-0.2, -0.15) is 0 Å². The molecule has 0 atom stereocenters. The number of nitrogens with zero attached hydrogens (tertiary/aromatic N) is 2. The number of anilines is 1. The van der Waals surface area contributed by atoms with Crippen molar-refractivity contribution < 1.29 is 9.90 Å². The van der Waals surface area contributed by atoms with Crippen LogP contribution in [0, 0.1) is 6.92 Å². The second kappa shape index (κ2) is 5.28. The molecule has 0 aliphatic carbocycles. The van der Waals surface area contributed by atoms with E-state index < -0.39 is 5.97 Å². The Morgan fingerprint density at radius 1 is 1.29 bits per heavy atom. The van der Waals surface area contributed by atoms with Crippen LogP contribution in [-0.2, 0) is 6.54 Å². The number of hydrogen-bond donors (Lipinski definition) is 2. The Hall–Kier alpha value is -2.82. The third-order valence-electron chi connectivity index (χ3n) is 3.50. The zero-order valence-electron chi connectivity index (χ0n) is 11.6. The Kier molecular flexibility index (Phi) is 3.31. The zero-order valence-corrected chi connectivity index (χ0v) is 11.6. The van der Waals surface area contributed by atoms with Gasteiger partial charge < -0.3 is 10.4 Å². The molecule has 2 N–H and O–H groups in total. The van der Waals surface area contributed by atoms with E-state index in [1.807, 2.05) is 31.2 Å². The van der Waals surface area contributed by atoms with Gasteiger partial charge >= 0.3 is 5.97 Å². The number of aromatic nitrogens is 2. The molecule has 0 aliphatic heterocycles. The molecule has 3 aromatic rings. The summed E-state index contributed by atoms with van der Waals surface area (Å²) in [6, 6.07) is 11.6. The summed E-state index contributed by atoms with van der Waals surface area (Å²) in [6.45, 7) is 2.61. The van der Waals surface area contributed by atoms with E-state index in [0.29, 0.717) is 17.9 Å². The molecule has 0 unspecified atom stereocenters. The van der Waals surface area contributed by atoms with Gasteiger partial charge in [-0.3, -0.25) is 4.40 Å². The highest BCUT2D eigenvalue weighted by Crippen LogP contribution is 2.19. The molecule has 2 heterocycles. The van der Waals surface area contributed by atoms with Gasteiger partial charge in [0.1, 0.15) is 5.65 Å². The van der Waals surface area contributed by atoms with Crippen LogP contribution in [0.4, 0.5) is 5.69 Å². The number of carbonyl (C=O) groups is 1. The number of nitrogens with one attached hydrogen (secondary N) is 1. The van der Waals surface area contributed by atoms with Gasteiger partial charge in [-0.1, -0.05) is 24.3 Å². The van der Waals surface area contributed by atoms with Crippen molar-refractivity contribution in [2.24, 2.45) is 0 Å². The minimum absolute atomic E-state index is 0.193. The molecule has 2 aromatic heterocycles. The molecule has 0 bridgehead atoms. The highest BCUT2D eigenvalue weighted by molar-refractivity contribution is 5.93. The molecular formula is C16H15N3O2. The van der Waals surface area contributed by atoms with Gasteiger partial charge in [-0.25, -0.2) is 9.78 Å². The lowest BCUT2D eigenvalue weighted by molar-refractivity contribution is 0.0690. The number of carboxylic acids is 1. The number of carboxylic acid groups (broad SMARTS) is 1. The van der Waals surface area contributed by atoms with Crippen molar-refractivity contribution in [3.05, 3.63) is 65.6 Å². The van der Waals surface area contributed by atoms with E-state index in [-0.39, 0.29) is 5.69 Å². The van der Waals surface area contributed by atoms with Crippen molar-refractivity contribution in [1.29, 1.82) is 0 Å². The van der Waals surface area contributed by atoms with Crippen LogP contribution in [-0.4, -0.2) is 20.5 Å². The first-order chi connectivity index (χ1) is 10.2. The highest BCUT2D eigenvalue weighted by atomic mass is 16.4. The van der Waals surface area contributed by atoms with Crippen molar-refractivity contribution in [1.82, 2.24) is 9.38 Å². The lowest BCUT2D eigenvalue weighted by Crippen LogP contribution is -2.11. The molecule has 1 aromatic carbocycles. The Balaban J connectivity index is 1.95. The van der Waals surface area contributed by atoms with Crippen molar-refractivity contribution in [2.45, 2.75) is 13.5 Å². The van der Waals surface area contributed by atoms with Crippen molar-refractivity contribution in [3.8, 4) is 0 Å². The SMILES string of the molecule is Cc1ccccc1CNc1ccc2nccn2c1C(=O)O. The number of hydrogen-bond acceptors (Lipinski definition) is 3. The first-order valence-corrected chi connectivity index (χ1v) is 6.64. The molecule has 5 nitrogen and oxygen atoms in total. The van der Waals surface area contributed by atoms with Crippen LogP contribution in [0.3, 0.4) is 0 Å². The lowest BCUT2D eigenvalue weighted by atomic mass is 10.1. The van der Waals surface area contributed by atoms with E-state index in [2.05, 4.69) is 10.3 Å². The number of rotatable bonds is 4. The fraction of sp³-hybridized carbons (Fsp3) is 0.125. The monoisotopic (exact) mass is 281 g/mol. The van der Waals surface area contributed by atoms with Crippen LogP contribution in [0.25, 0.3) is 5.65 Å². The smallest absolute Gasteiger partial charge is 0.355 e. The number of fused-ring (bicyclic) bond motifs is 1. The molecule has 0 saturated carbocycles. The number of aromatic carboxylic acids is 1. The maximum absolute atomic E-state index is 11.5. The third kappa shape index (κ3) is 2.45. The summed E-state index contributed by atoms with van der Waals surface area (Å²) < 4.78 is 1.57. The Morgan fingerprint density at radius 3 is 2.86 bits per heavy atom. The molecule has 106 valence electrons. The molecular weight excluding hydrogens is 266 g/mol. The number of aryl methyl sites for hydroxylation is 1. The van der Waals surface area contributed by atoms with Crippen LogP contribution < -0.4 is 5.32 Å². The van der Waals surface area contributed by atoms with E-state index in [0.717, 1.165) is 5.56 Å². The summed E-state index contributed by atoms with van der Waals surface area (Å²) >= 11 is 0. The largest absolute Gasteiger partial charge is 0.476 e. The molecule has 3 rings (SSSR count). The maximum atomic E-state index is 11.5. The summed E-state index contributed by atoms with van der Waals surface area (Å²) in [6.07, 6.45) is 3.24. The molecule has 0 saturated heterocycles. The Labute approximate surface area is 121 Å². The first-order valence-electron chi connectivity index (χ1n) is 6.64. The van der Waals surface area contributed by atoms with Crippen LogP contribution >= 0.6 is 0 Å². The van der Waals surface area contributed by atoms with E-state index >= 15 is 0 Å². The number of imidazole rings is 1. The van der Waals surface area contributed by atoms with Crippen molar-refractivity contribution in [2.75, 3.05) is 5.32 Å². The normalized spacial score (nSPS) is 10.7. The van der Waals surface area contributed by atoms with E-state index in [1.54, 1.807) is 28.9 Å². The van der Waals surface area contributed by atoms with Gasteiger partial charge in [0.15, 0.2) is 5.69 Å². The first kappa shape index (κ1) is 13.2. The van der Waals surface area contributed by atoms with Gasteiger partial charge in [0.25, 0.3) is 0 Å². The second-order valence-electron chi connectivity index (χ2n) is 4.84. The molecule has 0 fully saturated rings. The third-order valence-corrected chi connectivity index (χ3v) is 3.50. The molecule has 5 heteroatoms. The fourth-order valence-electron chi connectivity index (χ4n) is 2.35. The summed E-state index contributed by atoms with van der Waals surface area (Å²) in [5.41, 5.74) is 3.70. The van der Waals surface area contributed by atoms with Crippen LogP contribution in [0.1, 0.15) is 21.6 Å². The average molecular weight is 281 g/mol. The topological polar surface area (TPSA) is 66.6 Å². The standard InChI is InChI=1S/C16H15N3O2/c1-11-4-2-3-5-12(11)10-18-13-6-7-14-17-8-9-19(14)15(13)16(20)21/h2-9,18H,10H2,1H3,(H,20,21). The lowest BCUT2D eigenvalue weighted by Gasteiger charge is -2.12. The minimum atomic E-state index is -0.981. The Morgan fingerprint density at radius 2 is 2.10 bits per heavy atom. The van der Waals surface area contributed by atoms with Crippen molar-refractivity contribution in [3.63, 3.8) is 0 Å². The maximum Gasteiger partial charge on any atom is 0.355 e. The minimum Gasteiger partial charge on any atom is -0.476 e. The van der Waals surface area contributed by atoms with Gasteiger partial charge in [0.2, 0.25) is 0 Å². The quantitative estimate of drug-likeness (QED) is 0.771. The second-order valence-corrected chi connectivity index (χ2v) is 4.84.